The standard InChI is InChI=1S/C14H18N2O4/c1-10-4-11-5-12(16(18)19)2-3-13(11)15(10)6-14(7-17)8-20-9-14/h2-3,5,10,17H,4,6-9H2,1H3. The summed E-state index contributed by atoms with van der Waals surface area (Å²) in [5.41, 5.74) is 2.02. The van der Waals surface area contributed by atoms with Crippen LogP contribution < -0.4 is 4.90 Å². The second-order valence-electron chi connectivity index (χ2n) is 5.90. The fourth-order valence-electron chi connectivity index (χ4n) is 3.02. The second kappa shape index (κ2) is 4.71. The fourth-order valence-corrected chi connectivity index (χ4v) is 3.02. The lowest BCUT2D eigenvalue weighted by molar-refractivity contribution is -0.384. The van der Waals surface area contributed by atoms with E-state index < -0.39 is 0 Å². The summed E-state index contributed by atoms with van der Waals surface area (Å²) in [5.74, 6) is 0. The molecule has 20 heavy (non-hydrogen) atoms. The number of nitrogens with zero attached hydrogens (tertiary/aromatic N) is 2. The highest BCUT2D eigenvalue weighted by molar-refractivity contribution is 5.62. The van der Waals surface area contributed by atoms with Crippen molar-refractivity contribution in [3.63, 3.8) is 0 Å². The van der Waals surface area contributed by atoms with Gasteiger partial charge in [0.25, 0.3) is 5.69 Å². The van der Waals surface area contributed by atoms with Crippen LogP contribution >= 0.6 is 0 Å². The number of non-ortho nitro benzene ring substituents is 1. The third-order valence-electron chi connectivity index (χ3n) is 4.29. The van der Waals surface area contributed by atoms with Gasteiger partial charge in [0.2, 0.25) is 0 Å². The van der Waals surface area contributed by atoms with Crippen molar-refractivity contribution in [2.45, 2.75) is 19.4 Å². The van der Waals surface area contributed by atoms with E-state index in [0.717, 1.165) is 24.2 Å². The fraction of sp³-hybridized carbons (Fsp3) is 0.571. The Balaban J connectivity index is 1.86. The number of rotatable bonds is 4. The van der Waals surface area contributed by atoms with Gasteiger partial charge >= 0.3 is 0 Å². The number of anilines is 1. The predicted molar refractivity (Wildman–Crippen MR) is 73.9 cm³/mol. The summed E-state index contributed by atoms with van der Waals surface area (Å²) in [4.78, 5) is 12.7. The summed E-state index contributed by atoms with van der Waals surface area (Å²) in [6.45, 7) is 4.11. The first-order chi connectivity index (χ1) is 9.54. The van der Waals surface area contributed by atoms with Gasteiger partial charge < -0.3 is 14.7 Å². The Labute approximate surface area is 117 Å². The van der Waals surface area contributed by atoms with Crippen molar-refractivity contribution in [1.29, 1.82) is 0 Å². The minimum atomic E-state index is -0.359. The first kappa shape index (κ1) is 13.3. The normalized spacial score (nSPS) is 23.3. The molecule has 2 aliphatic heterocycles. The van der Waals surface area contributed by atoms with Crippen LogP contribution in [0.3, 0.4) is 0 Å². The Morgan fingerprint density at radius 3 is 2.85 bits per heavy atom. The molecule has 0 radical (unpaired) electrons. The zero-order valence-corrected chi connectivity index (χ0v) is 11.4. The van der Waals surface area contributed by atoms with E-state index in [0.29, 0.717) is 13.2 Å². The average Bonchev–Trinajstić information content (AvgIpc) is 2.68. The SMILES string of the molecule is CC1Cc2cc([N+](=O)[O-])ccc2N1CC1(CO)COC1. The molecule has 108 valence electrons. The number of benzene rings is 1. The topological polar surface area (TPSA) is 75.8 Å². The molecule has 1 saturated heterocycles. The maximum absolute atomic E-state index is 10.8. The van der Waals surface area contributed by atoms with E-state index in [-0.39, 0.29) is 28.7 Å². The number of aliphatic hydroxyl groups is 1. The van der Waals surface area contributed by atoms with Crippen molar-refractivity contribution in [3.05, 3.63) is 33.9 Å². The summed E-state index contributed by atoms with van der Waals surface area (Å²) in [6.07, 6.45) is 0.805. The number of hydrogen-bond acceptors (Lipinski definition) is 5. The van der Waals surface area contributed by atoms with E-state index in [4.69, 9.17) is 4.74 Å². The van der Waals surface area contributed by atoms with Crippen LogP contribution in [0.1, 0.15) is 12.5 Å². The highest BCUT2D eigenvalue weighted by Crippen LogP contribution is 2.38. The molecule has 3 rings (SSSR count). The third kappa shape index (κ3) is 2.05. The van der Waals surface area contributed by atoms with Crippen molar-refractivity contribution in [2.75, 3.05) is 31.3 Å². The van der Waals surface area contributed by atoms with Gasteiger partial charge in [-0.1, -0.05) is 0 Å². The van der Waals surface area contributed by atoms with Gasteiger partial charge in [-0.3, -0.25) is 10.1 Å². The van der Waals surface area contributed by atoms with Gasteiger partial charge in [0.1, 0.15) is 0 Å². The lowest BCUT2D eigenvalue weighted by atomic mass is 9.86. The Hall–Kier alpha value is -1.66. The highest BCUT2D eigenvalue weighted by atomic mass is 16.6. The molecule has 0 aliphatic carbocycles. The molecule has 1 atom stereocenters. The van der Waals surface area contributed by atoms with Gasteiger partial charge in [0, 0.05) is 30.4 Å². The molecular weight excluding hydrogens is 260 g/mol. The molecule has 0 amide bonds. The monoisotopic (exact) mass is 278 g/mol. The largest absolute Gasteiger partial charge is 0.396 e. The van der Waals surface area contributed by atoms with Crippen LogP contribution in [0.2, 0.25) is 0 Å². The van der Waals surface area contributed by atoms with Crippen LogP contribution in [0.25, 0.3) is 0 Å². The summed E-state index contributed by atoms with van der Waals surface area (Å²) in [7, 11) is 0. The Morgan fingerprint density at radius 1 is 1.55 bits per heavy atom. The molecule has 1 fully saturated rings. The van der Waals surface area contributed by atoms with Gasteiger partial charge in [0.05, 0.1) is 30.2 Å². The maximum Gasteiger partial charge on any atom is 0.269 e. The molecule has 0 saturated carbocycles. The van der Waals surface area contributed by atoms with E-state index >= 15 is 0 Å². The maximum atomic E-state index is 10.8. The molecule has 0 bridgehead atoms. The van der Waals surface area contributed by atoms with E-state index in [9.17, 15) is 15.2 Å². The molecule has 2 aliphatic rings. The van der Waals surface area contributed by atoms with Crippen molar-refractivity contribution in [2.24, 2.45) is 5.41 Å². The molecule has 1 N–H and O–H groups in total. The summed E-state index contributed by atoms with van der Waals surface area (Å²) in [5, 5.41) is 20.4. The minimum absolute atomic E-state index is 0.110. The number of fused-ring (bicyclic) bond motifs is 1. The third-order valence-corrected chi connectivity index (χ3v) is 4.29. The number of aliphatic hydroxyl groups excluding tert-OH is 1. The summed E-state index contributed by atoms with van der Waals surface area (Å²) in [6, 6.07) is 5.32. The molecule has 6 heteroatoms. The summed E-state index contributed by atoms with van der Waals surface area (Å²) < 4.78 is 5.24. The number of nitro benzene ring substituents is 1. The van der Waals surface area contributed by atoms with E-state index in [1.54, 1.807) is 12.1 Å². The molecule has 1 aromatic carbocycles. The van der Waals surface area contributed by atoms with Gasteiger partial charge in [-0.25, -0.2) is 0 Å². The number of nitro groups is 1. The van der Waals surface area contributed by atoms with E-state index in [2.05, 4.69) is 11.8 Å². The number of hydrogen-bond donors (Lipinski definition) is 1. The van der Waals surface area contributed by atoms with Gasteiger partial charge in [-0.15, -0.1) is 0 Å². The van der Waals surface area contributed by atoms with Crippen LogP contribution in [0, 0.1) is 15.5 Å². The summed E-state index contributed by atoms with van der Waals surface area (Å²) >= 11 is 0. The molecule has 6 nitrogen and oxygen atoms in total. The first-order valence-corrected chi connectivity index (χ1v) is 6.77. The molecule has 0 aromatic heterocycles. The van der Waals surface area contributed by atoms with Crippen molar-refractivity contribution in [1.82, 2.24) is 0 Å². The Morgan fingerprint density at radius 2 is 2.30 bits per heavy atom. The number of ether oxygens (including phenoxy) is 1. The van der Waals surface area contributed by atoms with Crippen molar-refractivity contribution < 1.29 is 14.8 Å². The predicted octanol–water partition coefficient (Wildman–Crippen LogP) is 1.35. The van der Waals surface area contributed by atoms with Crippen LogP contribution in [-0.2, 0) is 11.2 Å². The Kier molecular flexibility index (Phi) is 3.14. The molecular formula is C14H18N2O4. The van der Waals surface area contributed by atoms with Crippen LogP contribution in [0.4, 0.5) is 11.4 Å². The van der Waals surface area contributed by atoms with Gasteiger partial charge in [0.15, 0.2) is 0 Å². The van der Waals surface area contributed by atoms with E-state index in [1.807, 2.05) is 6.07 Å². The van der Waals surface area contributed by atoms with Crippen LogP contribution in [0.15, 0.2) is 18.2 Å². The smallest absolute Gasteiger partial charge is 0.269 e. The van der Waals surface area contributed by atoms with Crippen molar-refractivity contribution in [3.8, 4) is 0 Å². The van der Waals surface area contributed by atoms with Crippen LogP contribution in [-0.4, -0.2) is 42.4 Å². The molecule has 1 unspecified atom stereocenters. The minimum Gasteiger partial charge on any atom is -0.396 e. The van der Waals surface area contributed by atoms with Gasteiger partial charge in [-0.2, -0.15) is 0 Å². The molecule has 1 aromatic rings. The molecule has 2 heterocycles. The lowest BCUT2D eigenvalue weighted by Gasteiger charge is -2.44. The molecule has 0 spiro atoms. The highest BCUT2D eigenvalue weighted by Gasteiger charge is 2.42. The quantitative estimate of drug-likeness (QED) is 0.664. The van der Waals surface area contributed by atoms with Gasteiger partial charge in [-0.05, 0) is 25.0 Å². The zero-order valence-electron chi connectivity index (χ0n) is 11.4. The van der Waals surface area contributed by atoms with E-state index in [1.165, 1.54) is 0 Å². The second-order valence-corrected chi connectivity index (χ2v) is 5.90. The first-order valence-electron chi connectivity index (χ1n) is 6.77. The van der Waals surface area contributed by atoms with Crippen LogP contribution in [0.5, 0.6) is 0 Å². The zero-order chi connectivity index (χ0) is 14.3. The Bertz CT molecular complexity index is 536. The van der Waals surface area contributed by atoms with Crippen molar-refractivity contribution >= 4 is 11.4 Å². The average molecular weight is 278 g/mol. The lowest BCUT2D eigenvalue weighted by Crippen LogP contribution is -2.54.